The lowest BCUT2D eigenvalue weighted by Crippen LogP contribution is -2.26. The van der Waals surface area contributed by atoms with E-state index >= 15 is 0 Å². The molecule has 2 aromatic heterocycles. The SMILES string of the molecule is Cc1c(C(=O)/C=C/c2ccccc2)c(=O)n(C)c2ncccc12. The van der Waals surface area contributed by atoms with E-state index in [0.717, 1.165) is 10.9 Å². The molecule has 2 heterocycles. The Kier molecular flexibility index (Phi) is 3.89. The molecule has 23 heavy (non-hydrogen) atoms. The highest BCUT2D eigenvalue weighted by Crippen LogP contribution is 2.17. The van der Waals surface area contributed by atoms with Crippen molar-refractivity contribution in [3.05, 3.63) is 81.8 Å². The summed E-state index contributed by atoms with van der Waals surface area (Å²) >= 11 is 0. The molecule has 3 rings (SSSR count). The van der Waals surface area contributed by atoms with Gasteiger partial charge in [-0.25, -0.2) is 4.98 Å². The molecule has 0 spiro atoms. The fourth-order valence-corrected chi connectivity index (χ4v) is 2.63. The third-order valence-corrected chi connectivity index (χ3v) is 3.88. The molecule has 0 atom stereocenters. The molecule has 0 bridgehead atoms. The molecule has 3 aromatic rings. The maximum atomic E-state index is 12.5. The predicted molar refractivity (Wildman–Crippen MR) is 91.5 cm³/mol. The zero-order valence-electron chi connectivity index (χ0n) is 13.0. The second-order valence-corrected chi connectivity index (χ2v) is 5.35. The van der Waals surface area contributed by atoms with E-state index in [4.69, 9.17) is 0 Å². The van der Waals surface area contributed by atoms with Crippen LogP contribution < -0.4 is 5.56 Å². The van der Waals surface area contributed by atoms with Crippen LogP contribution >= 0.6 is 0 Å². The van der Waals surface area contributed by atoms with Gasteiger partial charge in [-0.2, -0.15) is 0 Å². The molecule has 0 aliphatic carbocycles. The molecule has 0 saturated carbocycles. The average molecular weight is 304 g/mol. The maximum absolute atomic E-state index is 12.5. The zero-order valence-corrected chi connectivity index (χ0v) is 13.0. The molecule has 4 nitrogen and oxygen atoms in total. The Morgan fingerprint density at radius 1 is 1.13 bits per heavy atom. The summed E-state index contributed by atoms with van der Waals surface area (Å²) in [6, 6.07) is 13.2. The molecule has 0 amide bonds. The first-order valence-corrected chi connectivity index (χ1v) is 7.31. The van der Waals surface area contributed by atoms with E-state index < -0.39 is 0 Å². The van der Waals surface area contributed by atoms with Gasteiger partial charge in [0.05, 0.1) is 5.56 Å². The van der Waals surface area contributed by atoms with Gasteiger partial charge in [-0.3, -0.25) is 14.2 Å². The summed E-state index contributed by atoms with van der Waals surface area (Å²) in [4.78, 5) is 29.3. The van der Waals surface area contributed by atoms with Crippen LogP contribution in [0.1, 0.15) is 21.5 Å². The van der Waals surface area contributed by atoms with Gasteiger partial charge in [-0.1, -0.05) is 36.4 Å². The minimum absolute atomic E-state index is 0.195. The van der Waals surface area contributed by atoms with Gasteiger partial charge in [0.2, 0.25) is 0 Å². The second-order valence-electron chi connectivity index (χ2n) is 5.35. The van der Waals surface area contributed by atoms with Crippen molar-refractivity contribution in [2.24, 2.45) is 7.05 Å². The van der Waals surface area contributed by atoms with E-state index in [1.165, 1.54) is 10.6 Å². The number of carbonyl (C=O) groups excluding carboxylic acids is 1. The summed E-state index contributed by atoms with van der Waals surface area (Å²) < 4.78 is 1.42. The number of pyridine rings is 2. The van der Waals surface area contributed by atoms with E-state index in [9.17, 15) is 9.59 Å². The lowest BCUT2D eigenvalue weighted by atomic mass is 10.0. The van der Waals surface area contributed by atoms with Crippen molar-refractivity contribution in [3.8, 4) is 0 Å². The molecule has 0 radical (unpaired) electrons. The number of hydrogen-bond donors (Lipinski definition) is 0. The number of benzene rings is 1. The zero-order chi connectivity index (χ0) is 16.4. The highest BCUT2D eigenvalue weighted by Gasteiger charge is 2.17. The minimum atomic E-state index is -0.323. The Hall–Kier alpha value is -3.01. The Balaban J connectivity index is 2.11. The number of allylic oxidation sites excluding steroid dienone is 1. The molecule has 1 aromatic carbocycles. The molecule has 0 saturated heterocycles. The molecule has 0 aliphatic heterocycles. The van der Waals surface area contributed by atoms with Crippen molar-refractivity contribution in [1.82, 2.24) is 9.55 Å². The lowest BCUT2D eigenvalue weighted by molar-refractivity contribution is 0.104. The fraction of sp³-hybridized carbons (Fsp3) is 0.105. The second kappa shape index (κ2) is 6.01. The molecule has 0 aliphatic rings. The van der Waals surface area contributed by atoms with Gasteiger partial charge in [0.15, 0.2) is 5.78 Å². The van der Waals surface area contributed by atoms with Crippen LogP contribution in [0.15, 0.2) is 59.5 Å². The van der Waals surface area contributed by atoms with Crippen molar-refractivity contribution in [2.75, 3.05) is 0 Å². The van der Waals surface area contributed by atoms with Crippen LogP contribution in [-0.2, 0) is 7.05 Å². The first kappa shape index (κ1) is 14.9. The maximum Gasteiger partial charge on any atom is 0.263 e. The number of carbonyl (C=O) groups is 1. The topological polar surface area (TPSA) is 52.0 Å². The standard InChI is InChI=1S/C19H16N2O2/c1-13-15-9-6-12-20-18(15)21(2)19(23)17(13)16(22)11-10-14-7-4-3-5-8-14/h3-12H,1-2H3/b11-10+. The van der Waals surface area contributed by atoms with Gasteiger partial charge in [0, 0.05) is 18.6 Å². The molecule has 114 valence electrons. The van der Waals surface area contributed by atoms with Gasteiger partial charge >= 0.3 is 0 Å². The Morgan fingerprint density at radius 2 is 1.87 bits per heavy atom. The van der Waals surface area contributed by atoms with Gasteiger partial charge < -0.3 is 0 Å². The minimum Gasteiger partial charge on any atom is -0.295 e. The lowest BCUT2D eigenvalue weighted by Gasteiger charge is -2.10. The van der Waals surface area contributed by atoms with Crippen LogP contribution in [0.5, 0.6) is 0 Å². The summed E-state index contributed by atoms with van der Waals surface area (Å²) in [6.45, 7) is 1.79. The van der Waals surface area contributed by atoms with Gasteiger partial charge in [-0.15, -0.1) is 0 Å². The highest BCUT2D eigenvalue weighted by molar-refractivity contribution is 6.09. The summed E-state index contributed by atoms with van der Waals surface area (Å²) in [5.41, 5.74) is 2.03. The van der Waals surface area contributed by atoms with Crippen LogP contribution in [-0.4, -0.2) is 15.3 Å². The summed E-state index contributed by atoms with van der Waals surface area (Å²) in [5.74, 6) is -0.294. The van der Waals surface area contributed by atoms with Crippen LogP contribution in [0.25, 0.3) is 17.1 Å². The van der Waals surface area contributed by atoms with Gasteiger partial charge in [0.1, 0.15) is 5.65 Å². The summed E-state index contributed by atoms with van der Waals surface area (Å²) in [5, 5.41) is 0.811. The van der Waals surface area contributed by atoms with Crippen molar-refractivity contribution in [1.29, 1.82) is 0 Å². The third kappa shape index (κ3) is 2.71. The number of hydrogen-bond acceptors (Lipinski definition) is 3. The summed E-state index contributed by atoms with van der Waals surface area (Å²) in [6.07, 6.45) is 4.80. The number of nitrogens with zero attached hydrogens (tertiary/aromatic N) is 2. The first-order chi connectivity index (χ1) is 11.1. The molecule has 0 fully saturated rings. The predicted octanol–water partition coefficient (Wildman–Crippen LogP) is 3.14. The smallest absolute Gasteiger partial charge is 0.263 e. The van der Waals surface area contributed by atoms with Crippen molar-refractivity contribution in [3.63, 3.8) is 0 Å². The Morgan fingerprint density at radius 3 is 2.61 bits per heavy atom. The Bertz CT molecular complexity index is 970. The summed E-state index contributed by atoms with van der Waals surface area (Å²) in [7, 11) is 1.63. The van der Waals surface area contributed by atoms with E-state index in [1.807, 2.05) is 36.4 Å². The third-order valence-electron chi connectivity index (χ3n) is 3.88. The largest absolute Gasteiger partial charge is 0.295 e. The normalized spacial score (nSPS) is 11.2. The van der Waals surface area contributed by atoms with E-state index in [-0.39, 0.29) is 16.9 Å². The molecular weight excluding hydrogens is 288 g/mol. The monoisotopic (exact) mass is 304 g/mol. The molecule has 0 unspecified atom stereocenters. The molecule has 0 N–H and O–H groups in total. The van der Waals surface area contributed by atoms with Crippen LogP contribution in [0.2, 0.25) is 0 Å². The van der Waals surface area contributed by atoms with Crippen molar-refractivity contribution in [2.45, 2.75) is 6.92 Å². The van der Waals surface area contributed by atoms with Crippen LogP contribution in [0.3, 0.4) is 0 Å². The van der Waals surface area contributed by atoms with E-state index in [2.05, 4.69) is 4.98 Å². The average Bonchev–Trinajstić information content (AvgIpc) is 2.59. The van der Waals surface area contributed by atoms with Gasteiger partial charge in [-0.05, 0) is 36.3 Å². The van der Waals surface area contributed by atoms with Crippen molar-refractivity contribution >= 4 is 22.9 Å². The van der Waals surface area contributed by atoms with Crippen LogP contribution in [0.4, 0.5) is 0 Å². The van der Waals surface area contributed by atoms with Crippen LogP contribution in [0, 0.1) is 6.92 Å². The first-order valence-electron chi connectivity index (χ1n) is 7.31. The number of ketones is 1. The number of fused-ring (bicyclic) bond motifs is 1. The quantitative estimate of drug-likeness (QED) is 0.552. The molecule has 4 heteroatoms. The number of aromatic nitrogens is 2. The van der Waals surface area contributed by atoms with Gasteiger partial charge in [0.25, 0.3) is 5.56 Å². The highest BCUT2D eigenvalue weighted by atomic mass is 16.1. The molecular formula is C19H16N2O2. The number of rotatable bonds is 3. The van der Waals surface area contributed by atoms with E-state index in [1.54, 1.807) is 32.3 Å². The fourth-order valence-electron chi connectivity index (χ4n) is 2.63. The van der Waals surface area contributed by atoms with E-state index in [0.29, 0.717) is 11.2 Å². The van der Waals surface area contributed by atoms with Crippen molar-refractivity contribution < 1.29 is 4.79 Å². The number of aryl methyl sites for hydroxylation is 2. The Labute approximate surface area is 133 Å².